The first-order chi connectivity index (χ1) is 12.1. The van der Waals surface area contributed by atoms with Crippen LogP contribution in [0.4, 0.5) is 0 Å². The van der Waals surface area contributed by atoms with Crippen LogP contribution in [-0.4, -0.2) is 46.0 Å². The summed E-state index contributed by atoms with van der Waals surface area (Å²) in [5, 5.41) is 3.97. The molecule has 1 fully saturated rings. The smallest absolute Gasteiger partial charge is 0.334 e. The van der Waals surface area contributed by atoms with Gasteiger partial charge < -0.3 is 10.2 Å². The van der Waals surface area contributed by atoms with Crippen molar-refractivity contribution in [2.24, 2.45) is 0 Å². The van der Waals surface area contributed by atoms with Gasteiger partial charge in [-0.1, -0.05) is 16.9 Å². The minimum Gasteiger partial charge on any atom is -0.355 e. The molecule has 1 saturated heterocycles. The quantitative estimate of drug-likeness (QED) is 0.223. The van der Waals surface area contributed by atoms with Gasteiger partial charge >= 0.3 is 5.97 Å². The van der Waals surface area contributed by atoms with Gasteiger partial charge in [0.25, 0.3) is 11.8 Å². The predicted octanol–water partition coefficient (Wildman–Crippen LogP) is 1.33. The van der Waals surface area contributed by atoms with Crippen molar-refractivity contribution in [2.75, 3.05) is 12.3 Å². The number of hydrogen-bond donors (Lipinski definition) is 1. The minimum atomic E-state index is -0.732. The molecule has 0 saturated carbocycles. The molecule has 1 aromatic rings. The van der Waals surface area contributed by atoms with E-state index >= 15 is 0 Å². The van der Waals surface area contributed by atoms with Crippen LogP contribution >= 0.6 is 21.6 Å². The second-order valence-corrected chi connectivity index (χ2v) is 7.40. The van der Waals surface area contributed by atoms with Gasteiger partial charge in [0, 0.05) is 37.8 Å². The summed E-state index contributed by atoms with van der Waals surface area (Å²) >= 11 is 0. The van der Waals surface area contributed by atoms with E-state index < -0.39 is 17.8 Å². The first-order valence-electron chi connectivity index (χ1n) is 7.60. The maximum atomic E-state index is 11.7. The highest BCUT2D eigenvalue weighted by Crippen LogP contribution is 2.29. The number of carbonyl (C=O) groups is 4. The molecule has 1 aliphatic heterocycles. The zero-order valence-electron chi connectivity index (χ0n) is 13.3. The fourth-order valence-corrected chi connectivity index (χ4v) is 3.70. The van der Waals surface area contributed by atoms with Crippen molar-refractivity contribution in [3.63, 3.8) is 0 Å². The van der Waals surface area contributed by atoms with E-state index in [1.807, 2.05) is 18.2 Å². The predicted molar refractivity (Wildman–Crippen MR) is 92.0 cm³/mol. The summed E-state index contributed by atoms with van der Waals surface area (Å²) in [6, 6.07) is 5.62. The summed E-state index contributed by atoms with van der Waals surface area (Å²) in [6.07, 6.45) is 2.01. The molecule has 1 aromatic heterocycles. The number of imide groups is 1. The number of nitrogens with zero attached hydrogens (tertiary/aromatic N) is 2. The number of pyridine rings is 1. The number of aromatic nitrogens is 1. The molecule has 3 amide bonds. The third-order valence-corrected chi connectivity index (χ3v) is 5.31. The molecule has 0 radical (unpaired) electrons. The van der Waals surface area contributed by atoms with Crippen LogP contribution in [0.25, 0.3) is 0 Å². The normalized spacial score (nSPS) is 13.8. The van der Waals surface area contributed by atoms with Crippen LogP contribution in [0.2, 0.25) is 0 Å². The standard InChI is InChI=1S/C15H17N3O5S2/c19-11(7-10-24-25-12-3-1-2-8-17-12)16-9-6-15(22)23-18-13(20)4-5-14(18)21/h1-3,8H,4-7,9-10H2,(H,16,19)/i15+1,16+1. The molecule has 25 heavy (non-hydrogen) atoms. The maximum Gasteiger partial charge on any atom is 0.334 e. The van der Waals surface area contributed by atoms with E-state index in [2.05, 4.69) is 10.3 Å². The molecule has 2 heterocycles. The van der Waals surface area contributed by atoms with Crippen molar-refractivity contribution in [3.8, 4) is 0 Å². The molecule has 0 aromatic carbocycles. The molecular formula is C15H17N3O5S2. The van der Waals surface area contributed by atoms with Crippen molar-refractivity contribution in [2.45, 2.75) is 30.7 Å². The monoisotopic (exact) mass is 385 g/mol. The minimum absolute atomic E-state index is 0.0526. The summed E-state index contributed by atoms with van der Waals surface area (Å²) in [6.45, 7) is 0.0892. The molecule has 8 nitrogen and oxygen atoms in total. The Kier molecular flexibility index (Phi) is 7.74. The lowest BCUT2D eigenvalue weighted by molar-refractivity contribution is -0.197. The summed E-state index contributed by atoms with van der Waals surface area (Å²) < 4.78 is 0. The topological polar surface area (TPSA) is 106 Å². The summed E-state index contributed by atoms with van der Waals surface area (Å²) in [5.74, 6) is -1.36. The molecule has 0 aliphatic carbocycles. The van der Waals surface area contributed by atoms with Crippen molar-refractivity contribution < 1.29 is 24.0 Å². The van der Waals surface area contributed by atoms with E-state index in [0.29, 0.717) is 17.2 Å². The van der Waals surface area contributed by atoms with E-state index in [9.17, 15) is 19.2 Å². The number of nitrogens with one attached hydrogen (secondary N) is 1. The van der Waals surface area contributed by atoms with E-state index in [1.54, 1.807) is 6.20 Å². The van der Waals surface area contributed by atoms with E-state index in [-0.39, 0.29) is 31.7 Å². The van der Waals surface area contributed by atoms with Crippen molar-refractivity contribution in [1.29, 1.82) is 0 Å². The molecule has 10 heteroatoms. The van der Waals surface area contributed by atoms with Gasteiger partial charge in [-0.2, -0.15) is 0 Å². The average Bonchev–Trinajstić information content (AvgIpc) is 2.91. The number of hydroxylamine groups is 2. The van der Waals surface area contributed by atoms with Gasteiger partial charge in [0.15, 0.2) is 0 Å². The highest BCUT2D eigenvalue weighted by atomic mass is 33.1. The SMILES string of the molecule is O=C(CCSSc1ccccn1)[15NH]CC[13C](=O)ON1C(=O)CCC1=O. The zero-order chi connectivity index (χ0) is 18.1. The molecular weight excluding hydrogens is 368 g/mol. The first-order valence-corrected chi connectivity index (χ1v) is 9.92. The Bertz CT molecular complexity index is 625. The summed E-state index contributed by atoms with van der Waals surface area (Å²) in [5.41, 5.74) is 0. The first kappa shape index (κ1) is 19.3. The highest BCUT2D eigenvalue weighted by Gasteiger charge is 2.32. The Hall–Kier alpha value is -2.07. The largest absolute Gasteiger partial charge is 0.355 e. The van der Waals surface area contributed by atoms with E-state index in [4.69, 9.17) is 4.84 Å². The zero-order valence-corrected chi connectivity index (χ0v) is 14.9. The van der Waals surface area contributed by atoms with Gasteiger partial charge in [-0.3, -0.25) is 14.4 Å². The Morgan fingerprint density at radius 1 is 1.20 bits per heavy atom. The van der Waals surface area contributed by atoms with Gasteiger partial charge in [-0.05, 0) is 22.9 Å². The van der Waals surface area contributed by atoms with E-state index in [1.165, 1.54) is 21.6 Å². The molecule has 0 spiro atoms. The van der Waals surface area contributed by atoms with Crippen LogP contribution < -0.4 is 5.32 Å². The van der Waals surface area contributed by atoms with Crippen molar-refractivity contribution in [1.82, 2.24) is 15.4 Å². The van der Waals surface area contributed by atoms with Crippen LogP contribution in [0, 0.1) is 0 Å². The lowest BCUT2D eigenvalue weighted by atomic mass is 10.4. The second kappa shape index (κ2) is 10.0. The van der Waals surface area contributed by atoms with Gasteiger partial charge in [0.2, 0.25) is 5.91 Å². The van der Waals surface area contributed by atoms with Crippen LogP contribution in [-0.2, 0) is 24.0 Å². The van der Waals surface area contributed by atoms with Crippen molar-refractivity contribution >= 4 is 45.3 Å². The lowest BCUT2D eigenvalue weighted by Gasteiger charge is -2.12. The summed E-state index contributed by atoms with van der Waals surface area (Å²) in [7, 11) is 3.01. The molecule has 2 rings (SSSR count). The van der Waals surface area contributed by atoms with Crippen LogP contribution in [0.1, 0.15) is 25.7 Å². The van der Waals surface area contributed by atoms with E-state index in [0.717, 1.165) is 5.03 Å². The Labute approximate surface area is 152 Å². The van der Waals surface area contributed by atoms with Crippen LogP contribution in [0.15, 0.2) is 29.4 Å². The molecule has 134 valence electrons. The molecule has 0 bridgehead atoms. The number of hydrogen-bond acceptors (Lipinski definition) is 8. The fourth-order valence-electron chi connectivity index (χ4n) is 1.83. The molecule has 1 aliphatic rings. The number of amides is 3. The van der Waals surface area contributed by atoms with Crippen molar-refractivity contribution in [3.05, 3.63) is 24.4 Å². The fraction of sp³-hybridized carbons (Fsp3) is 0.400. The third-order valence-electron chi connectivity index (χ3n) is 3.04. The average molecular weight is 385 g/mol. The van der Waals surface area contributed by atoms with Gasteiger partial charge in [-0.25, -0.2) is 9.78 Å². The Balaban J connectivity index is 1.53. The lowest BCUT2D eigenvalue weighted by Crippen LogP contribution is -2.33. The van der Waals surface area contributed by atoms with Gasteiger partial charge in [-0.15, -0.1) is 5.06 Å². The third kappa shape index (κ3) is 6.75. The summed E-state index contributed by atoms with van der Waals surface area (Å²) in [4.78, 5) is 54.7. The van der Waals surface area contributed by atoms with Gasteiger partial charge in [0.05, 0.1) is 6.42 Å². The van der Waals surface area contributed by atoms with Crippen LogP contribution in [0.3, 0.4) is 0 Å². The second-order valence-electron chi connectivity index (χ2n) is 4.97. The molecule has 1 N–H and O–H groups in total. The Morgan fingerprint density at radius 2 is 1.96 bits per heavy atom. The number of carbonyl (C=O) groups excluding carboxylic acids is 4. The Morgan fingerprint density at radius 3 is 2.64 bits per heavy atom. The highest BCUT2D eigenvalue weighted by molar-refractivity contribution is 8.76. The van der Waals surface area contributed by atoms with Gasteiger partial charge in [0.1, 0.15) is 5.03 Å². The molecule has 0 unspecified atom stereocenters. The number of rotatable bonds is 9. The maximum absolute atomic E-state index is 11.7. The van der Waals surface area contributed by atoms with Crippen LogP contribution in [0.5, 0.6) is 0 Å². The molecule has 0 atom stereocenters.